The van der Waals surface area contributed by atoms with Crippen LogP contribution in [-0.2, 0) is 10.6 Å². The summed E-state index contributed by atoms with van der Waals surface area (Å²) in [6, 6.07) is 1.05. The molecule has 0 fully saturated rings. The van der Waals surface area contributed by atoms with Crippen molar-refractivity contribution < 1.29 is 32.2 Å². The van der Waals surface area contributed by atoms with Gasteiger partial charge < -0.3 is 14.2 Å². The number of carbonyl (C=O) groups is 1. The van der Waals surface area contributed by atoms with E-state index < -0.39 is 23.8 Å². The molecule has 0 N–H and O–H groups in total. The van der Waals surface area contributed by atoms with Gasteiger partial charge in [-0.3, -0.25) is 0 Å². The second kappa shape index (κ2) is 6.65. The first-order chi connectivity index (χ1) is 9.32. The highest BCUT2D eigenvalue weighted by Gasteiger charge is 2.35. The van der Waals surface area contributed by atoms with Crippen molar-refractivity contribution in [3.8, 4) is 11.6 Å². The molecule has 5 nitrogen and oxygen atoms in total. The van der Waals surface area contributed by atoms with Crippen molar-refractivity contribution in [2.24, 2.45) is 0 Å². The number of hydrogen-bond donors (Lipinski definition) is 0. The third kappa shape index (κ3) is 4.16. The number of pyridine rings is 1. The number of nitrogens with zero attached hydrogens (tertiary/aromatic N) is 1. The molecule has 0 spiro atoms. The number of methoxy groups -OCH3 is 1. The summed E-state index contributed by atoms with van der Waals surface area (Å²) in [6.45, 7) is 1.50. The fraction of sp³-hybridized carbons (Fsp3) is 0.455. The highest BCUT2D eigenvalue weighted by Crippen LogP contribution is 2.30. The van der Waals surface area contributed by atoms with Crippen molar-refractivity contribution in [1.29, 1.82) is 0 Å². The molecule has 0 amide bonds. The molecular formula is C11H11ClF3NO4. The predicted molar refractivity (Wildman–Crippen MR) is 63.0 cm³/mol. The van der Waals surface area contributed by atoms with Crippen LogP contribution in [0.5, 0.6) is 11.6 Å². The summed E-state index contributed by atoms with van der Waals surface area (Å²) in [5, 5.41) is 0. The molecular weight excluding hydrogens is 303 g/mol. The van der Waals surface area contributed by atoms with Gasteiger partial charge in [0.1, 0.15) is 17.0 Å². The van der Waals surface area contributed by atoms with E-state index in [1.807, 2.05) is 0 Å². The van der Waals surface area contributed by atoms with E-state index in [1.165, 1.54) is 14.0 Å². The Hall–Kier alpha value is -1.70. The highest BCUT2D eigenvalue weighted by atomic mass is 35.5. The van der Waals surface area contributed by atoms with Crippen molar-refractivity contribution in [3.63, 3.8) is 0 Å². The van der Waals surface area contributed by atoms with Crippen LogP contribution >= 0.6 is 11.6 Å². The van der Waals surface area contributed by atoms with Crippen molar-refractivity contribution in [1.82, 2.24) is 4.98 Å². The summed E-state index contributed by atoms with van der Waals surface area (Å²) in [7, 11) is 1.27. The molecule has 9 heteroatoms. The first-order valence-electron chi connectivity index (χ1n) is 5.39. The molecule has 0 aromatic carbocycles. The molecule has 20 heavy (non-hydrogen) atoms. The molecule has 0 radical (unpaired) electrons. The van der Waals surface area contributed by atoms with Crippen LogP contribution < -0.4 is 9.47 Å². The second-order valence-corrected chi connectivity index (χ2v) is 3.66. The Morgan fingerprint density at radius 1 is 1.45 bits per heavy atom. The number of alkyl halides is 4. The Balaban J connectivity index is 3.32. The largest absolute Gasteiger partial charge is 0.574 e. The van der Waals surface area contributed by atoms with Crippen molar-refractivity contribution >= 4 is 17.6 Å². The summed E-state index contributed by atoms with van der Waals surface area (Å²) in [6.07, 6.45) is -4.99. The van der Waals surface area contributed by atoms with E-state index in [-0.39, 0.29) is 23.9 Å². The average Bonchev–Trinajstić information content (AvgIpc) is 2.36. The third-order valence-corrected chi connectivity index (χ3v) is 2.33. The molecule has 0 unspecified atom stereocenters. The summed E-state index contributed by atoms with van der Waals surface area (Å²) in [4.78, 5) is 15.2. The fourth-order valence-electron chi connectivity index (χ4n) is 1.33. The molecule has 0 aliphatic rings. The molecule has 0 atom stereocenters. The van der Waals surface area contributed by atoms with E-state index >= 15 is 0 Å². The van der Waals surface area contributed by atoms with Crippen LogP contribution in [0.1, 0.15) is 23.0 Å². The van der Waals surface area contributed by atoms with Crippen LogP contribution in [0.15, 0.2) is 6.07 Å². The van der Waals surface area contributed by atoms with Gasteiger partial charge in [-0.25, -0.2) is 9.78 Å². The van der Waals surface area contributed by atoms with E-state index in [4.69, 9.17) is 16.3 Å². The van der Waals surface area contributed by atoms with Crippen molar-refractivity contribution in [3.05, 3.63) is 17.3 Å². The Morgan fingerprint density at radius 2 is 2.10 bits per heavy atom. The molecule has 0 saturated carbocycles. The fourth-order valence-corrected chi connectivity index (χ4v) is 1.52. The van der Waals surface area contributed by atoms with Gasteiger partial charge in [-0.2, -0.15) is 0 Å². The maximum absolute atomic E-state index is 12.3. The molecule has 1 aromatic heterocycles. The number of aromatic nitrogens is 1. The van der Waals surface area contributed by atoms with Crippen molar-refractivity contribution in [2.75, 3.05) is 13.7 Å². The SMILES string of the molecule is CCOC(=O)c1cc(OC)c(CCl)nc1OC(F)(F)F. The molecule has 1 rings (SSSR count). The van der Waals surface area contributed by atoms with Crippen LogP contribution in [0.4, 0.5) is 13.2 Å². The highest BCUT2D eigenvalue weighted by molar-refractivity contribution is 6.17. The number of ether oxygens (including phenoxy) is 3. The maximum atomic E-state index is 12.3. The number of hydrogen-bond acceptors (Lipinski definition) is 5. The first-order valence-corrected chi connectivity index (χ1v) is 5.92. The lowest BCUT2D eigenvalue weighted by Gasteiger charge is -2.14. The lowest BCUT2D eigenvalue weighted by atomic mass is 10.2. The van der Waals surface area contributed by atoms with Gasteiger partial charge in [-0.1, -0.05) is 0 Å². The van der Waals surface area contributed by atoms with Crippen LogP contribution in [0.2, 0.25) is 0 Å². The topological polar surface area (TPSA) is 57.7 Å². The number of halogens is 4. The average molecular weight is 314 g/mol. The standard InChI is InChI=1S/C11H11ClF3NO4/c1-3-19-10(17)6-4-8(18-2)7(5-12)16-9(6)20-11(13,14)15/h4H,3,5H2,1-2H3. The van der Waals surface area contributed by atoms with Crippen LogP contribution in [-0.4, -0.2) is 31.0 Å². The summed E-state index contributed by atoms with van der Waals surface area (Å²) in [5.41, 5.74) is -0.476. The second-order valence-electron chi connectivity index (χ2n) is 3.39. The quantitative estimate of drug-likeness (QED) is 0.618. The zero-order chi connectivity index (χ0) is 15.3. The van der Waals surface area contributed by atoms with Gasteiger partial charge in [-0.05, 0) is 6.92 Å². The zero-order valence-electron chi connectivity index (χ0n) is 10.6. The maximum Gasteiger partial charge on any atom is 0.574 e. The Morgan fingerprint density at radius 3 is 2.55 bits per heavy atom. The van der Waals surface area contributed by atoms with Gasteiger partial charge in [0.15, 0.2) is 0 Å². The Bertz CT molecular complexity index is 493. The minimum Gasteiger partial charge on any atom is -0.495 e. The Kier molecular flexibility index (Phi) is 5.43. The van der Waals surface area contributed by atoms with E-state index in [0.29, 0.717) is 0 Å². The van der Waals surface area contributed by atoms with Crippen LogP contribution in [0, 0.1) is 0 Å². The Labute approximate surface area is 117 Å². The predicted octanol–water partition coefficient (Wildman–Crippen LogP) is 2.90. The zero-order valence-corrected chi connectivity index (χ0v) is 11.3. The lowest BCUT2D eigenvalue weighted by Crippen LogP contribution is -2.21. The van der Waals surface area contributed by atoms with Gasteiger partial charge in [-0.15, -0.1) is 24.8 Å². The first kappa shape index (κ1) is 16.4. The molecule has 1 aromatic rings. The number of carbonyl (C=O) groups excluding carboxylic acids is 1. The van der Waals surface area contributed by atoms with Gasteiger partial charge in [0, 0.05) is 6.07 Å². The van der Waals surface area contributed by atoms with Gasteiger partial charge >= 0.3 is 12.3 Å². The van der Waals surface area contributed by atoms with Gasteiger partial charge in [0.25, 0.3) is 0 Å². The lowest BCUT2D eigenvalue weighted by molar-refractivity contribution is -0.276. The summed E-state index contributed by atoms with van der Waals surface area (Å²) >= 11 is 5.55. The summed E-state index contributed by atoms with van der Waals surface area (Å²) < 4.78 is 50.2. The molecule has 0 bridgehead atoms. The van der Waals surface area contributed by atoms with Crippen molar-refractivity contribution in [2.45, 2.75) is 19.2 Å². The van der Waals surface area contributed by atoms with Gasteiger partial charge in [0.05, 0.1) is 19.6 Å². The van der Waals surface area contributed by atoms with Crippen LogP contribution in [0.25, 0.3) is 0 Å². The number of esters is 1. The minimum absolute atomic E-state index is 0.0101. The molecule has 0 aliphatic heterocycles. The smallest absolute Gasteiger partial charge is 0.495 e. The van der Waals surface area contributed by atoms with E-state index in [0.717, 1.165) is 6.07 Å². The molecule has 0 aliphatic carbocycles. The van der Waals surface area contributed by atoms with E-state index in [9.17, 15) is 18.0 Å². The number of rotatable bonds is 5. The molecule has 0 saturated heterocycles. The normalized spacial score (nSPS) is 11.1. The summed E-state index contributed by atoms with van der Waals surface area (Å²) in [5.74, 6) is -2.07. The van der Waals surface area contributed by atoms with E-state index in [2.05, 4.69) is 14.5 Å². The molecule has 1 heterocycles. The van der Waals surface area contributed by atoms with Gasteiger partial charge in [0.2, 0.25) is 5.88 Å². The van der Waals surface area contributed by atoms with Crippen LogP contribution in [0.3, 0.4) is 0 Å². The minimum atomic E-state index is -4.99. The third-order valence-electron chi connectivity index (χ3n) is 2.08. The van der Waals surface area contributed by atoms with E-state index in [1.54, 1.807) is 0 Å². The monoisotopic (exact) mass is 313 g/mol. The molecule has 112 valence electrons.